The van der Waals surface area contributed by atoms with Crippen LogP contribution in [0.4, 0.5) is 5.69 Å². The Hall–Kier alpha value is -3.31. The Bertz CT molecular complexity index is 1230. The number of para-hydroxylation sites is 1. The normalized spacial score (nSPS) is 13.3. The van der Waals surface area contributed by atoms with E-state index in [2.05, 4.69) is 15.3 Å². The number of hydrogen-bond acceptors (Lipinski definition) is 3. The third-order valence-electron chi connectivity index (χ3n) is 5.43. The first-order valence-electron chi connectivity index (χ1n) is 10.5. The number of aromatic amines is 1. The third kappa shape index (κ3) is 4.72. The number of benzene rings is 3. The largest absolute Gasteiger partial charge is 0.456 e. The summed E-state index contributed by atoms with van der Waals surface area (Å²) in [7, 11) is 0. The predicted octanol–water partition coefficient (Wildman–Crippen LogP) is 6.80. The van der Waals surface area contributed by atoms with E-state index in [1.54, 1.807) is 6.07 Å². The number of aromatic nitrogens is 2. The first-order chi connectivity index (χ1) is 15.1. The number of ether oxygens (including phenoxy) is 1. The highest BCUT2D eigenvalue weighted by atomic mass is 35.5. The van der Waals surface area contributed by atoms with E-state index in [0.717, 1.165) is 40.4 Å². The lowest BCUT2D eigenvalue weighted by atomic mass is 10.2. The van der Waals surface area contributed by atoms with Crippen LogP contribution in [0.2, 0.25) is 5.02 Å². The number of rotatable bonds is 7. The number of nitrogens with zero attached hydrogens (tertiary/aromatic N) is 1. The van der Waals surface area contributed by atoms with Crippen molar-refractivity contribution in [3.63, 3.8) is 0 Å². The van der Waals surface area contributed by atoms with E-state index >= 15 is 0 Å². The molecule has 0 spiro atoms. The highest BCUT2D eigenvalue weighted by Crippen LogP contribution is 2.33. The number of carbonyl (C=O) groups is 1. The Morgan fingerprint density at radius 2 is 1.90 bits per heavy atom. The number of halogens is 1. The lowest BCUT2D eigenvalue weighted by molar-refractivity contribution is -0.116. The molecule has 156 valence electrons. The van der Waals surface area contributed by atoms with Gasteiger partial charge in [-0.05, 0) is 66.9 Å². The number of carbonyl (C=O) groups excluding carboxylic acids is 1. The van der Waals surface area contributed by atoms with Gasteiger partial charge in [-0.15, -0.1) is 0 Å². The van der Waals surface area contributed by atoms with Crippen molar-refractivity contribution >= 4 is 34.2 Å². The molecule has 1 aliphatic carbocycles. The van der Waals surface area contributed by atoms with Crippen LogP contribution in [0.3, 0.4) is 0 Å². The van der Waals surface area contributed by atoms with Gasteiger partial charge in [0, 0.05) is 17.7 Å². The van der Waals surface area contributed by atoms with Crippen molar-refractivity contribution in [2.75, 3.05) is 5.32 Å². The molecule has 1 saturated carbocycles. The molecule has 0 atom stereocenters. The second-order valence-corrected chi connectivity index (χ2v) is 8.31. The lowest BCUT2D eigenvalue weighted by Crippen LogP contribution is -2.11. The van der Waals surface area contributed by atoms with E-state index in [9.17, 15) is 4.79 Å². The maximum Gasteiger partial charge on any atom is 0.224 e. The second kappa shape index (κ2) is 8.44. The third-order valence-corrected chi connectivity index (χ3v) is 5.75. The van der Waals surface area contributed by atoms with Gasteiger partial charge in [-0.2, -0.15) is 0 Å². The quantitative estimate of drug-likeness (QED) is 0.338. The molecule has 1 heterocycles. The summed E-state index contributed by atoms with van der Waals surface area (Å²) in [5, 5.41) is 3.56. The molecule has 2 N–H and O–H groups in total. The summed E-state index contributed by atoms with van der Waals surface area (Å²) >= 11 is 6.16. The van der Waals surface area contributed by atoms with Crippen LogP contribution in [-0.4, -0.2) is 15.9 Å². The molecular weight excluding hydrogens is 410 g/mol. The zero-order valence-corrected chi connectivity index (χ0v) is 17.7. The number of amides is 1. The van der Waals surface area contributed by atoms with Gasteiger partial charge >= 0.3 is 0 Å². The predicted molar refractivity (Wildman–Crippen MR) is 124 cm³/mol. The maximum atomic E-state index is 12.1. The molecule has 0 saturated heterocycles. The van der Waals surface area contributed by atoms with Crippen molar-refractivity contribution in [1.29, 1.82) is 0 Å². The topological polar surface area (TPSA) is 67.0 Å². The fourth-order valence-electron chi connectivity index (χ4n) is 3.52. The number of imidazole rings is 1. The minimum absolute atomic E-state index is 0.0695. The van der Waals surface area contributed by atoms with Crippen LogP contribution in [0, 0.1) is 5.92 Å². The van der Waals surface area contributed by atoms with Gasteiger partial charge in [-0.3, -0.25) is 4.79 Å². The molecule has 5 nitrogen and oxygen atoms in total. The molecule has 0 unspecified atom stereocenters. The first-order valence-corrected chi connectivity index (χ1v) is 10.8. The van der Waals surface area contributed by atoms with Crippen LogP contribution in [0.5, 0.6) is 11.5 Å². The van der Waals surface area contributed by atoms with E-state index in [1.165, 1.54) is 12.8 Å². The SMILES string of the molecule is O=C(CCC1CC1)Nc1ccc2nc(-c3ccc(Oc4ccccc4Cl)cc3)[nH]c2c1. The average molecular weight is 432 g/mol. The standard InChI is InChI=1S/C25H22ClN3O2/c26-20-3-1-2-4-23(20)31-19-11-8-17(9-12-19)25-28-21-13-10-18(15-22(21)29-25)27-24(30)14-7-16-5-6-16/h1-4,8-13,15-16H,5-7,14H2,(H,27,30)(H,28,29). The molecule has 3 aromatic carbocycles. The fraction of sp³-hybridized carbons (Fsp3) is 0.200. The van der Waals surface area contributed by atoms with Gasteiger partial charge in [0.1, 0.15) is 17.3 Å². The first kappa shape index (κ1) is 19.6. The van der Waals surface area contributed by atoms with Gasteiger partial charge < -0.3 is 15.0 Å². The summed E-state index contributed by atoms with van der Waals surface area (Å²) in [5.74, 6) is 2.90. The van der Waals surface area contributed by atoms with Crippen LogP contribution in [-0.2, 0) is 4.79 Å². The zero-order chi connectivity index (χ0) is 21.2. The van der Waals surface area contributed by atoms with E-state index in [1.807, 2.05) is 60.7 Å². The Kier molecular flexibility index (Phi) is 5.35. The van der Waals surface area contributed by atoms with Crippen LogP contribution >= 0.6 is 11.6 Å². The molecule has 1 fully saturated rings. The van der Waals surface area contributed by atoms with Crippen LogP contribution in [0.25, 0.3) is 22.4 Å². The highest BCUT2D eigenvalue weighted by Gasteiger charge is 2.21. The maximum absolute atomic E-state index is 12.1. The van der Waals surface area contributed by atoms with Crippen molar-refractivity contribution in [2.45, 2.75) is 25.7 Å². The minimum atomic E-state index is 0.0695. The second-order valence-electron chi connectivity index (χ2n) is 7.90. The number of anilines is 1. The van der Waals surface area contributed by atoms with Gasteiger partial charge in [0.15, 0.2) is 0 Å². The van der Waals surface area contributed by atoms with Gasteiger partial charge in [0.05, 0.1) is 16.1 Å². The van der Waals surface area contributed by atoms with Gasteiger partial charge in [-0.25, -0.2) is 4.98 Å². The van der Waals surface area contributed by atoms with Gasteiger partial charge in [0.2, 0.25) is 5.91 Å². The van der Waals surface area contributed by atoms with Crippen LogP contribution in [0.15, 0.2) is 66.7 Å². The van der Waals surface area contributed by atoms with Crippen molar-refractivity contribution in [3.8, 4) is 22.9 Å². The number of fused-ring (bicyclic) bond motifs is 1. The van der Waals surface area contributed by atoms with E-state index in [0.29, 0.717) is 22.9 Å². The number of H-pyrrole nitrogens is 1. The molecule has 1 aromatic heterocycles. The summed E-state index contributed by atoms with van der Waals surface area (Å²) in [6.45, 7) is 0. The molecule has 1 aliphatic rings. The summed E-state index contributed by atoms with van der Waals surface area (Å²) < 4.78 is 5.85. The lowest BCUT2D eigenvalue weighted by Gasteiger charge is -2.07. The van der Waals surface area contributed by atoms with Crippen LogP contribution < -0.4 is 10.1 Å². The summed E-state index contributed by atoms with van der Waals surface area (Å²) in [4.78, 5) is 20.1. The summed E-state index contributed by atoms with van der Waals surface area (Å²) in [6.07, 6.45) is 4.10. The number of hydrogen-bond donors (Lipinski definition) is 2. The molecule has 0 radical (unpaired) electrons. The Balaban J connectivity index is 1.29. The van der Waals surface area contributed by atoms with Crippen molar-refractivity contribution < 1.29 is 9.53 Å². The molecular formula is C25H22ClN3O2. The molecule has 31 heavy (non-hydrogen) atoms. The smallest absolute Gasteiger partial charge is 0.224 e. The molecule has 6 heteroatoms. The van der Waals surface area contributed by atoms with Crippen LogP contribution in [0.1, 0.15) is 25.7 Å². The summed E-state index contributed by atoms with van der Waals surface area (Å²) in [5.41, 5.74) is 3.46. The van der Waals surface area contributed by atoms with Gasteiger partial charge in [-0.1, -0.05) is 36.6 Å². The molecule has 0 aliphatic heterocycles. The van der Waals surface area contributed by atoms with E-state index in [4.69, 9.17) is 16.3 Å². The van der Waals surface area contributed by atoms with E-state index in [-0.39, 0.29) is 5.91 Å². The molecule has 1 amide bonds. The highest BCUT2D eigenvalue weighted by molar-refractivity contribution is 6.32. The Morgan fingerprint density at radius 1 is 1.10 bits per heavy atom. The molecule has 5 rings (SSSR count). The van der Waals surface area contributed by atoms with Crippen molar-refractivity contribution in [3.05, 3.63) is 71.8 Å². The summed E-state index contributed by atoms with van der Waals surface area (Å²) in [6, 6.07) is 20.8. The zero-order valence-electron chi connectivity index (χ0n) is 16.9. The van der Waals surface area contributed by atoms with Crippen molar-refractivity contribution in [2.24, 2.45) is 5.92 Å². The van der Waals surface area contributed by atoms with E-state index < -0.39 is 0 Å². The fourth-order valence-corrected chi connectivity index (χ4v) is 3.70. The Labute approximate surface area is 185 Å². The molecule has 4 aromatic rings. The number of nitrogens with one attached hydrogen (secondary N) is 2. The molecule has 0 bridgehead atoms. The van der Waals surface area contributed by atoms with Gasteiger partial charge in [0.25, 0.3) is 0 Å². The average Bonchev–Trinajstić information content (AvgIpc) is 3.51. The van der Waals surface area contributed by atoms with Crippen molar-refractivity contribution in [1.82, 2.24) is 9.97 Å². The monoisotopic (exact) mass is 431 g/mol. The minimum Gasteiger partial charge on any atom is -0.456 e. The Morgan fingerprint density at radius 3 is 2.68 bits per heavy atom.